The second-order valence-electron chi connectivity index (χ2n) is 6.24. The molecule has 0 spiro atoms. The molecule has 2 rings (SSSR count). The second kappa shape index (κ2) is 7.84. The van der Waals surface area contributed by atoms with Crippen molar-refractivity contribution < 1.29 is 18.7 Å². The van der Waals surface area contributed by atoms with E-state index in [1.54, 1.807) is 0 Å². The summed E-state index contributed by atoms with van der Waals surface area (Å²) in [5.41, 5.74) is 0.116. The molecule has 0 amide bonds. The van der Waals surface area contributed by atoms with Crippen LogP contribution in [0.25, 0.3) is 0 Å². The molecule has 0 aliphatic carbocycles. The molecule has 4 nitrogen and oxygen atoms in total. The highest BCUT2D eigenvalue weighted by molar-refractivity contribution is 5.69. The van der Waals surface area contributed by atoms with Crippen LogP contribution in [0, 0.1) is 11.6 Å². The van der Waals surface area contributed by atoms with Crippen molar-refractivity contribution in [2.45, 2.75) is 38.3 Å². The summed E-state index contributed by atoms with van der Waals surface area (Å²) in [6, 6.07) is 3.81. The van der Waals surface area contributed by atoms with Gasteiger partial charge in [-0.3, -0.25) is 14.6 Å². The number of halogens is 2. The number of likely N-dealkylation sites (tertiary alicyclic amines) is 1. The van der Waals surface area contributed by atoms with Crippen molar-refractivity contribution in [2.75, 3.05) is 26.7 Å². The molecule has 6 heteroatoms. The fourth-order valence-corrected chi connectivity index (χ4v) is 3.36. The van der Waals surface area contributed by atoms with Crippen LogP contribution in [0.4, 0.5) is 8.78 Å². The van der Waals surface area contributed by atoms with Crippen molar-refractivity contribution in [1.29, 1.82) is 0 Å². The van der Waals surface area contributed by atoms with Gasteiger partial charge in [0.25, 0.3) is 0 Å². The molecule has 2 unspecified atom stereocenters. The van der Waals surface area contributed by atoms with Gasteiger partial charge in [0.1, 0.15) is 11.6 Å². The summed E-state index contributed by atoms with van der Waals surface area (Å²) in [7, 11) is 1.81. The molecule has 1 N–H and O–H groups in total. The Morgan fingerprint density at radius 2 is 2.00 bits per heavy atom. The van der Waals surface area contributed by atoms with E-state index in [9.17, 15) is 13.6 Å². The minimum absolute atomic E-state index is 0.0160. The van der Waals surface area contributed by atoms with Gasteiger partial charge in [0.2, 0.25) is 0 Å². The van der Waals surface area contributed by atoms with Crippen LogP contribution in [0.1, 0.15) is 37.8 Å². The Labute approximate surface area is 135 Å². The predicted molar refractivity (Wildman–Crippen MR) is 84.3 cm³/mol. The van der Waals surface area contributed by atoms with E-state index in [1.807, 2.05) is 18.9 Å². The van der Waals surface area contributed by atoms with E-state index >= 15 is 0 Å². The molecule has 1 aliphatic heterocycles. The zero-order valence-corrected chi connectivity index (χ0v) is 13.6. The van der Waals surface area contributed by atoms with E-state index in [1.165, 1.54) is 18.2 Å². The molecule has 2 atom stereocenters. The lowest BCUT2D eigenvalue weighted by Gasteiger charge is -2.29. The molecule has 1 saturated heterocycles. The zero-order valence-electron chi connectivity index (χ0n) is 13.6. The third-order valence-electron chi connectivity index (χ3n) is 4.71. The van der Waals surface area contributed by atoms with E-state index in [4.69, 9.17) is 5.11 Å². The van der Waals surface area contributed by atoms with Gasteiger partial charge in [-0.2, -0.15) is 0 Å². The van der Waals surface area contributed by atoms with Gasteiger partial charge in [-0.15, -0.1) is 0 Å². The van der Waals surface area contributed by atoms with Crippen LogP contribution >= 0.6 is 0 Å². The van der Waals surface area contributed by atoms with Crippen molar-refractivity contribution >= 4 is 5.97 Å². The van der Waals surface area contributed by atoms with Gasteiger partial charge in [0.05, 0.1) is 6.54 Å². The number of hydrogen-bond donors (Lipinski definition) is 1. The molecule has 1 aromatic carbocycles. The third kappa shape index (κ3) is 4.48. The molecule has 1 aromatic rings. The topological polar surface area (TPSA) is 43.8 Å². The van der Waals surface area contributed by atoms with E-state index in [0.29, 0.717) is 6.54 Å². The van der Waals surface area contributed by atoms with Gasteiger partial charge in [-0.1, -0.05) is 6.07 Å². The molecule has 1 heterocycles. The summed E-state index contributed by atoms with van der Waals surface area (Å²) in [5.74, 6) is -1.86. The van der Waals surface area contributed by atoms with Gasteiger partial charge in [-0.05, 0) is 51.9 Å². The van der Waals surface area contributed by atoms with Crippen LogP contribution in [-0.4, -0.2) is 53.6 Å². The first-order chi connectivity index (χ1) is 10.9. The maximum Gasteiger partial charge on any atom is 0.317 e. The number of carbonyl (C=O) groups is 1. The van der Waals surface area contributed by atoms with E-state index in [-0.39, 0.29) is 24.2 Å². The van der Waals surface area contributed by atoms with E-state index in [0.717, 1.165) is 25.8 Å². The van der Waals surface area contributed by atoms with Gasteiger partial charge in [0, 0.05) is 24.2 Å². The van der Waals surface area contributed by atoms with Gasteiger partial charge >= 0.3 is 5.97 Å². The molecular formula is C17H24F2N2O2. The number of benzene rings is 1. The molecule has 0 bridgehead atoms. The minimum atomic E-state index is -0.838. The van der Waals surface area contributed by atoms with Crippen LogP contribution in [0.5, 0.6) is 0 Å². The number of carboxylic acid groups (broad SMARTS) is 1. The fourth-order valence-electron chi connectivity index (χ4n) is 3.36. The first-order valence-corrected chi connectivity index (χ1v) is 8.00. The standard InChI is InChI=1S/C17H24F2N2O2/c1-12(17-14(18)6-3-7-15(17)19)21-9-4-5-13(8-10-21)20(2)11-16(22)23/h3,6-7,12-13H,4-5,8-11H2,1-2H3,(H,22,23). The average molecular weight is 326 g/mol. The van der Waals surface area contributed by atoms with Crippen molar-refractivity contribution in [3.8, 4) is 0 Å². The van der Waals surface area contributed by atoms with E-state index in [2.05, 4.69) is 4.90 Å². The molecule has 23 heavy (non-hydrogen) atoms. The molecule has 0 aromatic heterocycles. The summed E-state index contributed by atoms with van der Waals surface area (Å²) < 4.78 is 27.9. The van der Waals surface area contributed by atoms with Crippen molar-refractivity contribution in [1.82, 2.24) is 9.80 Å². The number of aliphatic carboxylic acids is 1. The molecular weight excluding hydrogens is 302 g/mol. The Morgan fingerprint density at radius 3 is 2.61 bits per heavy atom. The Balaban J connectivity index is 2.04. The molecule has 0 radical (unpaired) electrons. The minimum Gasteiger partial charge on any atom is -0.480 e. The molecule has 128 valence electrons. The third-order valence-corrected chi connectivity index (χ3v) is 4.71. The van der Waals surface area contributed by atoms with E-state index < -0.39 is 17.6 Å². The summed E-state index contributed by atoms with van der Waals surface area (Å²) in [6.07, 6.45) is 2.58. The van der Waals surface area contributed by atoms with Crippen molar-refractivity contribution in [3.63, 3.8) is 0 Å². The van der Waals surface area contributed by atoms with Gasteiger partial charge < -0.3 is 5.11 Å². The predicted octanol–water partition coefficient (Wildman–Crippen LogP) is 2.90. The van der Waals surface area contributed by atoms with Crippen LogP contribution < -0.4 is 0 Å². The lowest BCUT2D eigenvalue weighted by atomic mass is 10.1. The van der Waals surface area contributed by atoms with Gasteiger partial charge in [0.15, 0.2) is 0 Å². The highest BCUT2D eigenvalue weighted by Crippen LogP contribution is 2.28. The molecule has 0 saturated carbocycles. The Hall–Kier alpha value is -1.53. The highest BCUT2D eigenvalue weighted by atomic mass is 19.1. The van der Waals surface area contributed by atoms with Crippen LogP contribution in [0.15, 0.2) is 18.2 Å². The second-order valence-corrected chi connectivity index (χ2v) is 6.24. The normalized spacial score (nSPS) is 21.2. The Kier molecular flexibility index (Phi) is 6.07. The summed E-state index contributed by atoms with van der Waals surface area (Å²) in [6.45, 7) is 3.29. The first kappa shape index (κ1) is 17.8. The maximum atomic E-state index is 14.0. The number of rotatable bonds is 5. The van der Waals surface area contributed by atoms with Crippen LogP contribution in [-0.2, 0) is 4.79 Å². The number of nitrogens with zero attached hydrogens (tertiary/aromatic N) is 2. The largest absolute Gasteiger partial charge is 0.480 e. The lowest BCUT2D eigenvalue weighted by Crippen LogP contribution is -2.37. The fraction of sp³-hybridized carbons (Fsp3) is 0.588. The van der Waals surface area contributed by atoms with Gasteiger partial charge in [-0.25, -0.2) is 8.78 Å². The Morgan fingerprint density at radius 1 is 1.35 bits per heavy atom. The highest BCUT2D eigenvalue weighted by Gasteiger charge is 2.27. The Bertz CT molecular complexity index is 533. The maximum absolute atomic E-state index is 14.0. The molecule has 1 aliphatic rings. The smallest absolute Gasteiger partial charge is 0.317 e. The van der Waals surface area contributed by atoms with Crippen LogP contribution in [0.2, 0.25) is 0 Å². The van der Waals surface area contributed by atoms with Crippen LogP contribution in [0.3, 0.4) is 0 Å². The van der Waals surface area contributed by atoms with Crippen molar-refractivity contribution in [3.05, 3.63) is 35.4 Å². The SMILES string of the molecule is CC(c1c(F)cccc1F)N1CCCC(N(C)CC(=O)O)CC1. The zero-order chi connectivity index (χ0) is 17.0. The number of hydrogen-bond acceptors (Lipinski definition) is 3. The van der Waals surface area contributed by atoms with Crippen molar-refractivity contribution in [2.24, 2.45) is 0 Å². The monoisotopic (exact) mass is 326 g/mol. The first-order valence-electron chi connectivity index (χ1n) is 8.00. The summed E-state index contributed by atoms with van der Waals surface area (Å²) >= 11 is 0. The summed E-state index contributed by atoms with van der Waals surface area (Å²) in [4.78, 5) is 14.8. The quantitative estimate of drug-likeness (QED) is 0.903. The number of carboxylic acids is 1. The average Bonchev–Trinajstić information content (AvgIpc) is 2.72. The number of likely N-dealkylation sites (N-methyl/N-ethyl adjacent to an activating group) is 1. The lowest BCUT2D eigenvalue weighted by molar-refractivity contribution is -0.138. The summed E-state index contributed by atoms with van der Waals surface area (Å²) in [5, 5.41) is 8.90. The molecule has 1 fully saturated rings.